The molecular weight excluding hydrogens is 596 g/mol. The first-order valence-electron chi connectivity index (χ1n) is 13.3. The number of benzene rings is 4. The molecule has 0 fully saturated rings. The summed E-state index contributed by atoms with van der Waals surface area (Å²) in [7, 11) is 1.60. The minimum Gasteiger partial charge on any atom is -0.493 e. The standard InChI is InChI=1S/C34H31BrN2O5/c1-4-40-32-19-26(16-27(20-36)34(38)37-28-13-10-23(2)11-14-28)17-29(35)33(32)42-22-25-12-15-30(31(18-25)39-3)41-21-24-8-6-5-7-9-24/h5-19H,4,21-22H2,1-3H3,(H,37,38)/b27-16-. The highest BCUT2D eigenvalue weighted by molar-refractivity contribution is 9.10. The van der Waals surface area contributed by atoms with Crippen LogP contribution in [0.4, 0.5) is 5.69 Å². The van der Waals surface area contributed by atoms with Gasteiger partial charge in [0, 0.05) is 5.69 Å². The summed E-state index contributed by atoms with van der Waals surface area (Å²) in [6.45, 7) is 4.90. The number of carbonyl (C=O) groups excluding carboxylic acids is 1. The van der Waals surface area contributed by atoms with E-state index in [1.165, 1.54) is 6.08 Å². The van der Waals surface area contributed by atoms with Crippen LogP contribution in [0.1, 0.15) is 29.2 Å². The molecule has 0 aliphatic carbocycles. The zero-order valence-corrected chi connectivity index (χ0v) is 25.2. The van der Waals surface area contributed by atoms with Crippen molar-refractivity contribution in [1.29, 1.82) is 5.26 Å². The molecule has 4 rings (SSSR count). The number of carbonyl (C=O) groups is 1. The van der Waals surface area contributed by atoms with Crippen LogP contribution in [0.25, 0.3) is 6.08 Å². The Balaban J connectivity index is 1.49. The molecule has 0 atom stereocenters. The van der Waals surface area contributed by atoms with Crippen LogP contribution in [0.5, 0.6) is 23.0 Å². The molecule has 0 aliphatic rings. The largest absolute Gasteiger partial charge is 0.493 e. The van der Waals surface area contributed by atoms with E-state index in [1.54, 1.807) is 31.4 Å². The number of anilines is 1. The van der Waals surface area contributed by atoms with E-state index in [4.69, 9.17) is 18.9 Å². The van der Waals surface area contributed by atoms with Crippen molar-refractivity contribution in [2.45, 2.75) is 27.1 Å². The summed E-state index contributed by atoms with van der Waals surface area (Å²) in [5, 5.41) is 12.4. The van der Waals surface area contributed by atoms with E-state index in [0.717, 1.165) is 16.7 Å². The van der Waals surface area contributed by atoms with E-state index in [9.17, 15) is 10.1 Å². The van der Waals surface area contributed by atoms with E-state index in [-0.39, 0.29) is 12.2 Å². The zero-order chi connectivity index (χ0) is 29.9. The van der Waals surface area contributed by atoms with Gasteiger partial charge < -0.3 is 24.3 Å². The van der Waals surface area contributed by atoms with E-state index < -0.39 is 5.91 Å². The first-order chi connectivity index (χ1) is 20.4. The number of nitrogens with zero attached hydrogens (tertiary/aromatic N) is 1. The Morgan fingerprint density at radius 2 is 1.62 bits per heavy atom. The fraction of sp³-hybridized carbons (Fsp3) is 0.176. The molecular formula is C34H31BrN2O5. The van der Waals surface area contributed by atoms with Crippen molar-refractivity contribution in [2.75, 3.05) is 19.0 Å². The van der Waals surface area contributed by atoms with Gasteiger partial charge in [-0.3, -0.25) is 4.79 Å². The molecule has 0 radical (unpaired) electrons. The summed E-state index contributed by atoms with van der Waals surface area (Å²) in [5.41, 5.74) is 4.18. The molecule has 0 heterocycles. The van der Waals surface area contributed by atoms with Crippen molar-refractivity contribution >= 4 is 33.6 Å². The Bertz CT molecular complexity index is 1600. The second-order valence-electron chi connectivity index (χ2n) is 9.30. The van der Waals surface area contributed by atoms with E-state index in [0.29, 0.717) is 51.9 Å². The fourth-order valence-corrected chi connectivity index (χ4v) is 4.61. The highest BCUT2D eigenvalue weighted by Gasteiger charge is 2.16. The lowest BCUT2D eigenvalue weighted by atomic mass is 10.1. The molecule has 4 aromatic carbocycles. The number of methoxy groups -OCH3 is 1. The van der Waals surface area contributed by atoms with E-state index in [2.05, 4.69) is 21.2 Å². The lowest BCUT2D eigenvalue weighted by molar-refractivity contribution is -0.112. The molecule has 4 aromatic rings. The molecule has 7 nitrogen and oxygen atoms in total. The molecule has 42 heavy (non-hydrogen) atoms. The van der Waals surface area contributed by atoms with Gasteiger partial charge in [-0.25, -0.2) is 0 Å². The molecule has 1 amide bonds. The maximum atomic E-state index is 12.8. The minimum atomic E-state index is -0.499. The van der Waals surface area contributed by atoms with Crippen LogP contribution >= 0.6 is 15.9 Å². The SMILES string of the molecule is CCOc1cc(/C=C(/C#N)C(=O)Nc2ccc(C)cc2)cc(Br)c1OCc1ccc(OCc2ccccc2)c(OC)c1. The Kier molecular flexibility index (Phi) is 10.6. The van der Waals surface area contributed by atoms with E-state index >= 15 is 0 Å². The third kappa shape index (κ3) is 8.15. The van der Waals surface area contributed by atoms with E-state index in [1.807, 2.05) is 80.6 Å². The summed E-state index contributed by atoms with van der Waals surface area (Å²) in [6.07, 6.45) is 1.51. The predicted octanol–water partition coefficient (Wildman–Crippen LogP) is 7.87. The number of hydrogen-bond acceptors (Lipinski definition) is 6. The zero-order valence-electron chi connectivity index (χ0n) is 23.6. The lowest BCUT2D eigenvalue weighted by Crippen LogP contribution is -2.13. The van der Waals surface area contributed by atoms with Crippen LogP contribution in [0, 0.1) is 18.3 Å². The highest BCUT2D eigenvalue weighted by atomic mass is 79.9. The molecule has 0 spiro atoms. The number of rotatable bonds is 12. The molecule has 0 aromatic heterocycles. The maximum Gasteiger partial charge on any atom is 0.266 e. The van der Waals surface area contributed by atoms with Crippen LogP contribution in [-0.2, 0) is 18.0 Å². The van der Waals surface area contributed by atoms with Crippen molar-refractivity contribution in [3.63, 3.8) is 0 Å². The number of ether oxygens (including phenoxy) is 4. The number of nitrogens with one attached hydrogen (secondary N) is 1. The Labute approximate surface area is 254 Å². The lowest BCUT2D eigenvalue weighted by Gasteiger charge is -2.16. The van der Waals surface area contributed by atoms with Crippen molar-refractivity contribution in [3.8, 4) is 29.1 Å². The summed E-state index contributed by atoms with van der Waals surface area (Å²) in [6, 6.07) is 28.4. The third-order valence-electron chi connectivity index (χ3n) is 6.17. The second kappa shape index (κ2) is 14.8. The normalized spacial score (nSPS) is 10.9. The second-order valence-corrected chi connectivity index (χ2v) is 10.2. The highest BCUT2D eigenvalue weighted by Crippen LogP contribution is 2.38. The average molecular weight is 628 g/mol. The summed E-state index contributed by atoms with van der Waals surface area (Å²) < 4.78 is 24.2. The molecule has 0 aliphatic heterocycles. The van der Waals surface area contributed by atoms with Crippen molar-refractivity contribution in [2.24, 2.45) is 0 Å². The quantitative estimate of drug-likeness (QED) is 0.127. The van der Waals surface area contributed by atoms with Gasteiger partial charge in [-0.05, 0) is 88.9 Å². The molecule has 0 saturated heterocycles. The monoisotopic (exact) mass is 626 g/mol. The number of amides is 1. The molecule has 0 saturated carbocycles. The van der Waals surface area contributed by atoms with Crippen LogP contribution in [0.2, 0.25) is 0 Å². The van der Waals surface area contributed by atoms with Gasteiger partial charge in [0.1, 0.15) is 24.9 Å². The van der Waals surface area contributed by atoms with Gasteiger partial charge in [0.15, 0.2) is 23.0 Å². The molecule has 214 valence electrons. The Hall–Kier alpha value is -4.74. The first kappa shape index (κ1) is 30.2. The molecule has 0 bridgehead atoms. The van der Waals surface area contributed by atoms with Crippen molar-refractivity contribution in [1.82, 2.24) is 0 Å². The average Bonchev–Trinajstić information content (AvgIpc) is 3.00. The Morgan fingerprint density at radius 1 is 0.881 bits per heavy atom. The third-order valence-corrected chi connectivity index (χ3v) is 6.75. The summed E-state index contributed by atoms with van der Waals surface area (Å²) in [4.78, 5) is 12.8. The van der Waals surface area contributed by atoms with Crippen LogP contribution < -0.4 is 24.3 Å². The van der Waals surface area contributed by atoms with Crippen LogP contribution in [0.15, 0.2) is 95.0 Å². The van der Waals surface area contributed by atoms with Crippen LogP contribution in [-0.4, -0.2) is 19.6 Å². The van der Waals surface area contributed by atoms with Crippen molar-refractivity contribution < 1.29 is 23.7 Å². The smallest absolute Gasteiger partial charge is 0.266 e. The van der Waals surface area contributed by atoms with Gasteiger partial charge in [-0.2, -0.15) is 5.26 Å². The molecule has 0 unspecified atom stereocenters. The maximum absolute atomic E-state index is 12.8. The fourth-order valence-electron chi connectivity index (χ4n) is 4.04. The number of halogens is 1. The number of hydrogen-bond donors (Lipinski definition) is 1. The van der Waals surface area contributed by atoms with Gasteiger partial charge in [-0.1, -0.05) is 54.1 Å². The van der Waals surface area contributed by atoms with Crippen molar-refractivity contribution in [3.05, 3.63) is 117 Å². The minimum absolute atomic E-state index is 0.0414. The predicted molar refractivity (Wildman–Crippen MR) is 167 cm³/mol. The van der Waals surface area contributed by atoms with Gasteiger partial charge in [0.25, 0.3) is 5.91 Å². The van der Waals surface area contributed by atoms with Gasteiger partial charge in [0.2, 0.25) is 0 Å². The topological polar surface area (TPSA) is 89.8 Å². The number of nitriles is 1. The molecule has 1 N–H and O–H groups in total. The summed E-state index contributed by atoms with van der Waals surface area (Å²) >= 11 is 3.57. The van der Waals surface area contributed by atoms with Gasteiger partial charge >= 0.3 is 0 Å². The number of aryl methyl sites for hydroxylation is 1. The van der Waals surface area contributed by atoms with Crippen LogP contribution in [0.3, 0.4) is 0 Å². The Morgan fingerprint density at radius 3 is 2.31 bits per heavy atom. The van der Waals surface area contributed by atoms with Gasteiger partial charge in [0.05, 0.1) is 18.2 Å². The van der Waals surface area contributed by atoms with Gasteiger partial charge in [-0.15, -0.1) is 0 Å². The molecule has 8 heteroatoms. The summed E-state index contributed by atoms with van der Waals surface area (Å²) in [5.74, 6) is 1.71. The first-order valence-corrected chi connectivity index (χ1v) is 14.1.